The minimum absolute atomic E-state index is 0.0339. The Morgan fingerprint density at radius 1 is 1.00 bits per heavy atom. The summed E-state index contributed by atoms with van der Waals surface area (Å²) in [6.07, 6.45) is 0. The molecule has 0 unspecified atom stereocenters. The predicted molar refractivity (Wildman–Crippen MR) is 78.6 cm³/mol. The smallest absolute Gasteiger partial charge is 0.159 e. The predicted octanol–water partition coefficient (Wildman–Crippen LogP) is 3.66. The van der Waals surface area contributed by atoms with E-state index in [4.69, 9.17) is 9.47 Å². The van der Waals surface area contributed by atoms with Gasteiger partial charge in [-0.15, -0.1) is 0 Å². The molecule has 0 radical (unpaired) electrons. The monoisotopic (exact) mass is 270 g/mol. The van der Waals surface area contributed by atoms with Crippen molar-refractivity contribution in [1.82, 2.24) is 0 Å². The van der Waals surface area contributed by atoms with Crippen molar-refractivity contribution >= 4 is 5.78 Å². The first kappa shape index (κ1) is 14.1. The standard InChI is InChI=1S/C17H18O3/c1-13-6-3-4-9-17(13)20-11-10-19-16-8-5-7-15(12-16)14(2)18/h3-9,12H,10-11H2,1-2H3. The topological polar surface area (TPSA) is 35.5 Å². The van der Waals surface area contributed by atoms with Crippen molar-refractivity contribution in [2.24, 2.45) is 0 Å². The number of benzene rings is 2. The Labute approximate surface area is 119 Å². The fourth-order valence-corrected chi connectivity index (χ4v) is 1.83. The van der Waals surface area contributed by atoms with Crippen molar-refractivity contribution in [1.29, 1.82) is 0 Å². The highest BCUT2D eigenvalue weighted by atomic mass is 16.5. The number of rotatable bonds is 6. The summed E-state index contributed by atoms with van der Waals surface area (Å²) in [6, 6.07) is 15.0. The van der Waals surface area contributed by atoms with Gasteiger partial charge in [-0.2, -0.15) is 0 Å². The Bertz CT molecular complexity index is 590. The number of ether oxygens (including phenoxy) is 2. The second-order valence-electron chi connectivity index (χ2n) is 4.55. The lowest BCUT2D eigenvalue weighted by Gasteiger charge is -2.10. The third-order valence-corrected chi connectivity index (χ3v) is 2.94. The number of hydrogen-bond donors (Lipinski definition) is 0. The van der Waals surface area contributed by atoms with Gasteiger partial charge in [-0.05, 0) is 37.6 Å². The molecule has 0 saturated carbocycles. The summed E-state index contributed by atoms with van der Waals surface area (Å²) in [7, 11) is 0. The number of hydrogen-bond acceptors (Lipinski definition) is 3. The molecule has 3 nitrogen and oxygen atoms in total. The van der Waals surface area contributed by atoms with E-state index in [0.29, 0.717) is 24.5 Å². The highest BCUT2D eigenvalue weighted by Crippen LogP contribution is 2.17. The van der Waals surface area contributed by atoms with Gasteiger partial charge in [0.05, 0.1) is 0 Å². The normalized spacial score (nSPS) is 10.1. The van der Waals surface area contributed by atoms with Crippen molar-refractivity contribution in [3.63, 3.8) is 0 Å². The van der Waals surface area contributed by atoms with Gasteiger partial charge in [-0.1, -0.05) is 30.3 Å². The summed E-state index contributed by atoms with van der Waals surface area (Å²) in [6.45, 7) is 4.46. The zero-order valence-corrected chi connectivity index (χ0v) is 11.8. The van der Waals surface area contributed by atoms with Gasteiger partial charge in [-0.25, -0.2) is 0 Å². The maximum Gasteiger partial charge on any atom is 0.159 e. The molecule has 0 aliphatic rings. The van der Waals surface area contributed by atoms with Crippen LogP contribution in [-0.4, -0.2) is 19.0 Å². The van der Waals surface area contributed by atoms with Gasteiger partial charge >= 0.3 is 0 Å². The average molecular weight is 270 g/mol. The van der Waals surface area contributed by atoms with Crippen molar-refractivity contribution in [3.8, 4) is 11.5 Å². The number of Topliss-reactive ketones (excluding diaryl/α,β-unsaturated/α-hetero) is 1. The summed E-state index contributed by atoms with van der Waals surface area (Å²) in [5.74, 6) is 1.59. The molecule has 0 atom stereocenters. The zero-order chi connectivity index (χ0) is 14.4. The second-order valence-corrected chi connectivity index (χ2v) is 4.55. The number of carbonyl (C=O) groups is 1. The highest BCUT2D eigenvalue weighted by molar-refractivity contribution is 5.94. The van der Waals surface area contributed by atoms with Crippen LogP contribution in [0.2, 0.25) is 0 Å². The average Bonchev–Trinajstić information content (AvgIpc) is 2.45. The molecular weight excluding hydrogens is 252 g/mol. The van der Waals surface area contributed by atoms with Crippen molar-refractivity contribution in [2.45, 2.75) is 13.8 Å². The number of para-hydroxylation sites is 1. The molecule has 0 saturated heterocycles. The first-order valence-electron chi connectivity index (χ1n) is 6.59. The molecule has 2 aromatic rings. The highest BCUT2D eigenvalue weighted by Gasteiger charge is 2.02. The van der Waals surface area contributed by atoms with Crippen LogP contribution >= 0.6 is 0 Å². The van der Waals surface area contributed by atoms with Crippen molar-refractivity contribution < 1.29 is 14.3 Å². The van der Waals surface area contributed by atoms with E-state index in [1.807, 2.05) is 43.3 Å². The summed E-state index contributed by atoms with van der Waals surface area (Å²) in [4.78, 5) is 11.3. The Kier molecular flexibility index (Phi) is 4.77. The molecule has 0 aromatic heterocycles. The molecule has 104 valence electrons. The Hall–Kier alpha value is -2.29. The minimum Gasteiger partial charge on any atom is -0.490 e. The molecule has 0 bridgehead atoms. The summed E-state index contributed by atoms with van der Waals surface area (Å²) >= 11 is 0. The van der Waals surface area contributed by atoms with Gasteiger partial charge in [0.15, 0.2) is 5.78 Å². The number of ketones is 1. The SMILES string of the molecule is CC(=O)c1cccc(OCCOc2ccccc2C)c1. The lowest BCUT2D eigenvalue weighted by Crippen LogP contribution is -2.09. The Balaban J connectivity index is 1.83. The van der Waals surface area contributed by atoms with E-state index in [1.165, 1.54) is 0 Å². The summed E-state index contributed by atoms with van der Waals surface area (Å²) in [5.41, 5.74) is 1.76. The van der Waals surface area contributed by atoms with Crippen LogP contribution in [0.4, 0.5) is 0 Å². The fourth-order valence-electron chi connectivity index (χ4n) is 1.83. The number of aryl methyl sites for hydroxylation is 1. The van der Waals surface area contributed by atoms with Crippen LogP contribution in [0.3, 0.4) is 0 Å². The molecule has 0 amide bonds. The maximum atomic E-state index is 11.3. The molecule has 0 spiro atoms. The van der Waals surface area contributed by atoms with E-state index in [2.05, 4.69) is 0 Å². The van der Waals surface area contributed by atoms with Crippen LogP contribution in [0.1, 0.15) is 22.8 Å². The van der Waals surface area contributed by atoms with E-state index in [9.17, 15) is 4.79 Å². The van der Waals surface area contributed by atoms with E-state index < -0.39 is 0 Å². The lowest BCUT2D eigenvalue weighted by molar-refractivity contribution is 0.101. The zero-order valence-electron chi connectivity index (χ0n) is 11.8. The van der Waals surface area contributed by atoms with Crippen LogP contribution in [-0.2, 0) is 0 Å². The molecule has 0 aliphatic carbocycles. The van der Waals surface area contributed by atoms with Crippen molar-refractivity contribution in [3.05, 3.63) is 59.7 Å². The van der Waals surface area contributed by atoms with Crippen LogP contribution < -0.4 is 9.47 Å². The first-order chi connectivity index (χ1) is 9.66. The largest absolute Gasteiger partial charge is 0.490 e. The molecule has 0 fully saturated rings. The van der Waals surface area contributed by atoms with Gasteiger partial charge in [-0.3, -0.25) is 4.79 Å². The molecular formula is C17H18O3. The van der Waals surface area contributed by atoms with Crippen LogP contribution in [0.25, 0.3) is 0 Å². The quantitative estimate of drug-likeness (QED) is 0.593. The van der Waals surface area contributed by atoms with E-state index in [-0.39, 0.29) is 5.78 Å². The molecule has 0 N–H and O–H groups in total. The fraction of sp³-hybridized carbons (Fsp3) is 0.235. The van der Waals surface area contributed by atoms with Crippen LogP contribution in [0.5, 0.6) is 11.5 Å². The summed E-state index contributed by atoms with van der Waals surface area (Å²) < 4.78 is 11.2. The van der Waals surface area contributed by atoms with Gasteiger partial charge in [0.1, 0.15) is 24.7 Å². The van der Waals surface area contributed by atoms with Gasteiger partial charge in [0, 0.05) is 5.56 Å². The molecule has 3 heteroatoms. The second kappa shape index (κ2) is 6.75. The molecule has 0 aliphatic heterocycles. The molecule has 2 rings (SSSR count). The maximum absolute atomic E-state index is 11.3. The number of carbonyl (C=O) groups excluding carboxylic acids is 1. The van der Waals surface area contributed by atoms with E-state index in [0.717, 1.165) is 11.3 Å². The van der Waals surface area contributed by atoms with Gasteiger partial charge < -0.3 is 9.47 Å². The van der Waals surface area contributed by atoms with Crippen LogP contribution in [0, 0.1) is 6.92 Å². The van der Waals surface area contributed by atoms with Crippen LogP contribution in [0.15, 0.2) is 48.5 Å². The molecule has 2 aromatic carbocycles. The molecule has 0 heterocycles. The summed E-state index contributed by atoms with van der Waals surface area (Å²) in [5, 5.41) is 0. The minimum atomic E-state index is 0.0339. The van der Waals surface area contributed by atoms with Gasteiger partial charge in [0.2, 0.25) is 0 Å². The third-order valence-electron chi connectivity index (χ3n) is 2.94. The lowest BCUT2D eigenvalue weighted by atomic mass is 10.1. The van der Waals surface area contributed by atoms with E-state index >= 15 is 0 Å². The van der Waals surface area contributed by atoms with Gasteiger partial charge in [0.25, 0.3) is 0 Å². The Morgan fingerprint density at radius 2 is 1.75 bits per heavy atom. The Morgan fingerprint density at radius 3 is 2.50 bits per heavy atom. The first-order valence-corrected chi connectivity index (χ1v) is 6.59. The van der Waals surface area contributed by atoms with Crippen molar-refractivity contribution in [2.75, 3.05) is 13.2 Å². The molecule has 20 heavy (non-hydrogen) atoms. The van der Waals surface area contributed by atoms with E-state index in [1.54, 1.807) is 19.1 Å². The third kappa shape index (κ3) is 3.85.